The third-order valence-electron chi connectivity index (χ3n) is 4.95. The maximum atomic E-state index is 12.7. The Labute approximate surface area is 139 Å². The van der Waals surface area contributed by atoms with Gasteiger partial charge in [-0.15, -0.1) is 0 Å². The maximum Gasteiger partial charge on any atom is 0.410 e. The van der Waals surface area contributed by atoms with Crippen LogP contribution in [0.3, 0.4) is 0 Å². The Balaban J connectivity index is 1.49. The van der Waals surface area contributed by atoms with Crippen LogP contribution in [0.25, 0.3) is 11.0 Å². The summed E-state index contributed by atoms with van der Waals surface area (Å²) in [5.41, 5.74) is 1.15. The number of piperazine rings is 1. The van der Waals surface area contributed by atoms with Crippen molar-refractivity contribution in [3.63, 3.8) is 0 Å². The first-order chi connectivity index (χ1) is 11.6. The summed E-state index contributed by atoms with van der Waals surface area (Å²) in [6.07, 6.45) is 0.482. The third kappa shape index (κ3) is 2.29. The fourth-order valence-corrected chi connectivity index (χ4v) is 3.47. The minimum absolute atomic E-state index is 0.0397. The molecule has 0 spiro atoms. The minimum Gasteiger partial charge on any atom is -0.447 e. The quantitative estimate of drug-likeness (QED) is 0.835. The molecule has 1 atom stereocenters. The molecule has 2 saturated heterocycles. The molecule has 8 nitrogen and oxygen atoms in total. The molecule has 3 heterocycles. The molecular weight excluding hydrogens is 310 g/mol. The third-order valence-corrected chi connectivity index (χ3v) is 4.95. The van der Waals surface area contributed by atoms with Gasteiger partial charge in [0.05, 0.1) is 5.54 Å². The standard InChI is InChI=1S/C16H19N5O3/c1-2-16-10-19(7-8-20(16)15(23)24-11-16)14(22)9-21-17-12-5-3-4-6-13(12)18-21/h3-6H,2,7-11H2,1H3. The first-order valence-corrected chi connectivity index (χ1v) is 8.13. The van der Waals surface area contributed by atoms with Crippen LogP contribution in [0.2, 0.25) is 0 Å². The van der Waals surface area contributed by atoms with Gasteiger partial charge in [-0.3, -0.25) is 9.69 Å². The molecule has 2 fully saturated rings. The zero-order chi connectivity index (χ0) is 16.7. The summed E-state index contributed by atoms with van der Waals surface area (Å²) in [4.78, 5) is 29.5. The van der Waals surface area contributed by atoms with E-state index >= 15 is 0 Å². The number of fused-ring (bicyclic) bond motifs is 2. The monoisotopic (exact) mass is 329 g/mol. The van der Waals surface area contributed by atoms with Crippen molar-refractivity contribution in [1.82, 2.24) is 24.8 Å². The van der Waals surface area contributed by atoms with Crippen LogP contribution in [0.5, 0.6) is 0 Å². The van der Waals surface area contributed by atoms with Crippen LogP contribution < -0.4 is 0 Å². The normalized spacial score (nSPS) is 23.5. The lowest BCUT2D eigenvalue weighted by Crippen LogP contribution is -2.62. The van der Waals surface area contributed by atoms with Gasteiger partial charge in [-0.1, -0.05) is 19.1 Å². The molecule has 0 saturated carbocycles. The van der Waals surface area contributed by atoms with E-state index in [1.54, 1.807) is 9.80 Å². The van der Waals surface area contributed by atoms with Crippen molar-refractivity contribution in [3.05, 3.63) is 24.3 Å². The number of cyclic esters (lactones) is 1. The van der Waals surface area contributed by atoms with Gasteiger partial charge in [0.1, 0.15) is 24.2 Å². The number of aromatic nitrogens is 3. The van der Waals surface area contributed by atoms with Crippen LogP contribution in [-0.2, 0) is 16.1 Å². The Morgan fingerprint density at radius 3 is 2.62 bits per heavy atom. The topological polar surface area (TPSA) is 80.6 Å². The number of hydrogen-bond donors (Lipinski definition) is 0. The van der Waals surface area contributed by atoms with E-state index in [9.17, 15) is 9.59 Å². The lowest BCUT2D eigenvalue weighted by molar-refractivity contribution is -0.136. The van der Waals surface area contributed by atoms with Crippen LogP contribution >= 0.6 is 0 Å². The van der Waals surface area contributed by atoms with Crippen LogP contribution in [-0.4, -0.2) is 68.6 Å². The van der Waals surface area contributed by atoms with Crippen molar-refractivity contribution >= 4 is 23.0 Å². The summed E-state index contributed by atoms with van der Waals surface area (Å²) in [5.74, 6) is -0.0397. The van der Waals surface area contributed by atoms with Crippen molar-refractivity contribution in [1.29, 1.82) is 0 Å². The fourth-order valence-electron chi connectivity index (χ4n) is 3.47. The van der Waals surface area contributed by atoms with Crippen LogP contribution in [0.15, 0.2) is 24.3 Å². The van der Waals surface area contributed by atoms with Crippen LogP contribution in [0.1, 0.15) is 13.3 Å². The van der Waals surface area contributed by atoms with Gasteiger partial charge in [-0.05, 0) is 18.6 Å². The predicted octanol–water partition coefficient (Wildman–Crippen LogP) is 0.874. The summed E-state index contributed by atoms with van der Waals surface area (Å²) in [5, 5.41) is 8.66. The molecule has 2 aliphatic heterocycles. The van der Waals surface area contributed by atoms with Crippen molar-refractivity contribution in [3.8, 4) is 0 Å². The van der Waals surface area contributed by atoms with Crippen LogP contribution in [0.4, 0.5) is 4.79 Å². The van der Waals surface area contributed by atoms with Gasteiger partial charge in [0.2, 0.25) is 5.91 Å². The minimum atomic E-state index is -0.396. The second-order valence-corrected chi connectivity index (χ2v) is 6.32. The van der Waals surface area contributed by atoms with Crippen molar-refractivity contribution in [2.75, 3.05) is 26.2 Å². The molecule has 0 aliphatic carbocycles. The van der Waals surface area contributed by atoms with E-state index < -0.39 is 5.54 Å². The lowest BCUT2D eigenvalue weighted by atomic mass is 9.93. The van der Waals surface area contributed by atoms with E-state index in [0.717, 1.165) is 17.5 Å². The summed E-state index contributed by atoms with van der Waals surface area (Å²) < 4.78 is 5.20. The average Bonchev–Trinajstić information content (AvgIpc) is 3.15. The van der Waals surface area contributed by atoms with Crippen molar-refractivity contribution < 1.29 is 14.3 Å². The second-order valence-electron chi connectivity index (χ2n) is 6.32. The zero-order valence-corrected chi connectivity index (χ0v) is 13.5. The Bertz CT molecular complexity index is 771. The first-order valence-electron chi connectivity index (χ1n) is 8.13. The average molecular weight is 329 g/mol. The SMILES string of the molecule is CCC12COC(=O)N1CCN(C(=O)Cn1nc3ccccc3n1)C2. The number of carbonyl (C=O) groups is 2. The summed E-state index contributed by atoms with van der Waals surface area (Å²) >= 11 is 0. The number of carbonyl (C=O) groups excluding carboxylic acids is 2. The first kappa shape index (κ1) is 14.9. The molecule has 2 amide bonds. The molecule has 4 rings (SSSR count). The van der Waals surface area contributed by atoms with E-state index in [1.807, 2.05) is 31.2 Å². The molecule has 24 heavy (non-hydrogen) atoms. The Morgan fingerprint density at radius 1 is 1.25 bits per heavy atom. The zero-order valence-electron chi connectivity index (χ0n) is 13.5. The second kappa shape index (κ2) is 5.47. The summed E-state index contributed by atoms with van der Waals surface area (Å²) in [6, 6.07) is 7.53. The molecule has 126 valence electrons. The highest BCUT2D eigenvalue weighted by atomic mass is 16.6. The van der Waals surface area contributed by atoms with Gasteiger partial charge in [0, 0.05) is 19.6 Å². The number of hydrogen-bond acceptors (Lipinski definition) is 5. The highest BCUT2D eigenvalue weighted by Crippen LogP contribution is 2.31. The summed E-state index contributed by atoms with van der Waals surface area (Å²) in [7, 11) is 0. The van der Waals surface area contributed by atoms with Crippen molar-refractivity contribution in [2.24, 2.45) is 0 Å². The number of amides is 2. The maximum absolute atomic E-state index is 12.7. The van der Waals surface area contributed by atoms with Crippen LogP contribution in [0, 0.1) is 0 Å². The molecule has 1 aromatic carbocycles. The van der Waals surface area contributed by atoms with E-state index in [0.29, 0.717) is 26.2 Å². The van der Waals surface area contributed by atoms with E-state index in [4.69, 9.17) is 4.74 Å². The Morgan fingerprint density at radius 2 is 1.96 bits per heavy atom. The van der Waals surface area contributed by atoms with Crippen molar-refractivity contribution in [2.45, 2.75) is 25.4 Å². The molecule has 8 heteroatoms. The number of benzene rings is 1. The highest BCUT2D eigenvalue weighted by Gasteiger charge is 2.50. The van der Waals surface area contributed by atoms with E-state index in [1.165, 1.54) is 4.80 Å². The molecule has 2 aromatic rings. The number of rotatable bonds is 3. The van der Waals surface area contributed by atoms with Gasteiger partial charge in [-0.25, -0.2) is 4.79 Å². The van der Waals surface area contributed by atoms with Gasteiger partial charge >= 0.3 is 6.09 Å². The number of ether oxygens (including phenoxy) is 1. The molecule has 1 aromatic heterocycles. The molecule has 0 N–H and O–H groups in total. The molecular formula is C16H19N5O3. The van der Waals surface area contributed by atoms with Gasteiger partial charge in [0.15, 0.2) is 0 Å². The molecule has 1 unspecified atom stereocenters. The smallest absolute Gasteiger partial charge is 0.410 e. The molecule has 0 bridgehead atoms. The molecule has 0 radical (unpaired) electrons. The Kier molecular flexibility index (Phi) is 3.40. The number of nitrogens with zero attached hydrogens (tertiary/aromatic N) is 5. The van der Waals surface area contributed by atoms with Gasteiger partial charge < -0.3 is 9.64 Å². The van der Waals surface area contributed by atoms with Gasteiger partial charge in [-0.2, -0.15) is 15.0 Å². The largest absolute Gasteiger partial charge is 0.447 e. The highest BCUT2D eigenvalue weighted by molar-refractivity contribution is 5.78. The fraction of sp³-hybridized carbons (Fsp3) is 0.500. The van der Waals surface area contributed by atoms with E-state index in [-0.39, 0.29) is 18.5 Å². The summed E-state index contributed by atoms with van der Waals surface area (Å²) in [6.45, 7) is 3.97. The lowest BCUT2D eigenvalue weighted by Gasteiger charge is -2.44. The van der Waals surface area contributed by atoms with E-state index in [2.05, 4.69) is 10.2 Å². The Hall–Kier alpha value is -2.64. The van der Waals surface area contributed by atoms with Gasteiger partial charge in [0.25, 0.3) is 0 Å². The molecule has 2 aliphatic rings. The predicted molar refractivity (Wildman–Crippen MR) is 85.2 cm³/mol.